The van der Waals surface area contributed by atoms with Gasteiger partial charge in [-0.25, -0.2) is 9.13 Å². The Labute approximate surface area is 463 Å². The Morgan fingerprint density at radius 3 is 1.53 bits per heavy atom. The summed E-state index contributed by atoms with van der Waals surface area (Å²) in [5.41, 5.74) is 12.3. The minimum Gasteiger partial charge on any atom is -0.391 e. The van der Waals surface area contributed by atoms with Gasteiger partial charge in [0.2, 0.25) is 0 Å². The third-order valence-electron chi connectivity index (χ3n) is 17.6. The first-order valence-electron chi connectivity index (χ1n) is 30.8. The van der Waals surface area contributed by atoms with E-state index >= 15 is 0 Å². The fraction of sp³-hybridized carbons (Fsp3) is 0.603. The molecule has 8 heteroatoms. The van der Waals surface area contributed by atoms with Gasteiger partial charge in [0.05, 0.1) is 0 Å². The number of pyridine rings is 2. The maximum absolute atomic E-state index is 4.83. The highest BCUT2D eigenvalue weighted by molar-refractivity contribution is 5.72. The minimum atomic E-state index is 0.500. The van der Waals surface area contributed by atoms with Crippen LogP contribution in [0.5, 0.6) is 0 Å². The quantitative estimate of drug-likeness (QED) is 0.0285. The Bertz CT molecular complexity index is 2340. The molecule has 1 aromatic carbocycles. The lowest BCUT2D eigenvalue weighted by atomic mass is 9.88. The summed E-state index contributed by atoms with van der Waals surface area (Å²) < 4.78 is 4.91. The first-order chi connectivity index (χ1) is 37.3. The van der Waals surface area contributed by atoms with Crippen LogP contribution in [0.3, 0.4) is 0 Å². The highest BCUT2D eigenvalue weighted by Gasteiger charge is 2.27. The standard InChI is InChI=1S/C68H104N8/c1-7-9-29-62(66-38-26-45-72(66)4)54-70-42-19-11-15-31-59-53-60(32-16-12-20-48-75-50-23-35-63(55-75)67-39-27-46-73(67)5)58(30-14-10-18-41-69-43-22-34-57(8-2)65-37-25-44-71(65)3)52-61(59)33-17-13-21-49-76-51-24-36-64(56-76)68-40-28-47-74(68)6/h7-9,22-24,29,34-36,43,50-56,65-68,70H,1,10-21,25-28,30-33,37-42,44-49H2,2-6H3/q+2/b29-9-,34-22-,57-8+,62-54+,69-43+. The van der Waals surface area contributed by atoms with Crippen LogP contribution >= 0.6 is 0 Å². The molecule has 4 atom stereocenters. The highest BCUT2D eigenvalue weighted by atomic mass is 15.2. The van der Waals surface area contributed by atoms with Crippen molar-refractivity contribution in [1.29, 1.82) is 0 Å². The number of likely N-dealkylation sites (N-methyl/N-ethyl adjacent to an activating group) is 2. The lowest BCUT2D eigenvalue weighted by Gasteiger charge is -2.21. The van der Waals surface area contributed by atoms with E-state index in [1.807, 2.05) is 12.3 Å². The van der Waals surface area contributed by atoms with Crippen molar-refractivity contribution >= 4 is 6.21 Å². The second-order valence-electron chi connectivity index (χ2n) is 23.3. The van der Waals surface area contributed by atoms with Crippen molar-refractivity contribution < 1.29 is 9.13 Å². The van der Waals surface area contributed by atoms with Gasteiger partial charge in [-0.3, -0.25) is 24.6 Å². The van der Waals surface area contributed by atoms with E-state index in [1.54, 1.807) is 22.3 Å². The molecule has 0 spiro atoms. The van der Waals surface area contributed by atoms with E-state index < -0.39 is 0 Å². The maximum atomic E-state index is 4.83. The molecule has 1 N–H and O–H groups in total. The molecule has 4 unspecified atom stereocenters. The van der Waals surface area contributed by atoms with Gasteiger partial charge in [0.1, 0.15) is 13.1 Å². The van der Waals surface area contributed by atoms with Crippen molar-refractivity contribution in [3.05, 3.63) is 155 Å². The summed E-state index contributed by atoms with van der Waals surface area (Å²) in [5.74, 6) is 0. The molecule has 0 aliphatic carbocycles. The average molecular weight is 1030 g/mol. The molecule has 4 fully saturated rings. The molecule has 0 bridgehead atoms. The number of nitrogens with zero attached hydrogens (tertiary/aromatic N) is 7. The molecule has 414 valence electrons. The van der Waals surface area contributed by atoms with Gasteiger partial charge in [-0.15, -0.1) is 0 Å². The summed E-state index contributed by atoms with van der Waals surface area (Å²) in [6.07, 6.45) is 56.4. The van der Waals surface area contributed by atoms with Gasteiger partial charge >= 0.3 is 0 Å². The van der Waals surface area contributed by atoms with Crippen LogP contribution in [0.15, 0.2) is 127 Å². The lowest BCUT2D eigenvalue weighted by Crippen LogP contribution is -2.34. The molecule has 76 heavy (non-hydrogen) atoms. The Morgan fingerprint density at radius 1 is 0.579 bits per heavy atom. The largest absolute Gasteiger partial charge is 0.391 e. The van der Waals surface area contributed by atoms with E-state index in [2.05, 4.69) is 174 Å². The number of hydrogen-bond donors (Lipinski definition) is 1. The normalized spacial score (nSPS) is 21.5. The summed E-state index contributed by atoms with van der Waals surface area (Å²) in [5, 5.41) is 3.71. The third-order valence-corrected chi connectivity index (χ3v) is 17.6. The van der Waals surface area contributed by atoms with Crippen LogP contribution in [0.1, 0.15) is 181 Å². The first kappa shape index (κ1) is 59.2. The molecule has 6 heterocycles. The molecule has 2 aromatic heterocycles. The van der Waals surface area contributed by atoms with Crippen LogP contribution in [0.2, 0.25) is 0 Å². The highest BCUT2D eigenvalue weighted by Crippen LogP contribution is 2.31. The summed E-state index contributed by atoms with van der Waals surface area (Å²) in [6, 6.07) is 16.8. The number of allylic oxidation sites excluding steroid dienone is 4. The van der Waals surface area contributed by atoms with Crippen LogP contribution in [0, 0.1) is 0 Å². The van der Waals surface area contributed by atoms with Crippen LogP contribution in [-0.4, -0.2) is 105 Å². The molecule has 0 amide bonds. The predicted molar refractivity (Wildman–Crippen MR) is 322 cm³/mol. The number of likely N-dealkylation sites (tertiary alicyclic amines) is 4. The van der Waals surface area contributed by atoms with Crippen molar-refractivity contribution in [3.63, 3.8) is 0 Å². The zero-order chi connectivity index (χ0) is 53.2. The second kappa shape index (κ2) is 33.1. The number of aromatic nitrogens is 2. The molecule has 0 radical (unpaired) electrons. The van der Waals surface area contributed by atoms with Crippen LogP contribution in [0.4, 0.5) is 0 Å². The molecule has 4 saturated heterocycles. The summed E-state index contributed by atoms with van der Waals surface area (Å²) in [4.78, 5) is 14.9. The van der Waals surface area contributed by atoms with Crippen molar-refractivity contribution in [3.8, 4) is 0 Å². The summed E-state index contributed by atoms with van der Waals surface area (Å²) in [7, 11) is 9.09. The zero-order valence-corrected chi connectivity index (χ0v) is 48.7. The first-order valence-corrected chi connectivity index (χ1v) is 30.8. The van der Waals surface area contributed by atoms with Gasteiger partial charge in [0.15, 0.2) is 24.8 Å². The van der Waals surface area contributed by atoms with E-state index in [0.717, 1.165) is 32.6 Å². The van der Waals surface area contributed by atoms with Gasteiger partial charge in [-0.2, -0.15) is 0 Å². The van der Waals surface area contributed by atoms with Crippen LogP contribution in [-0.2, 0) is 38.8 Å². The van der Waals surface area contributed by atoms with E-state index in [1.165, 1.54) is 196 Å². The van der Waals surface area contributed by atoms with Gasteiger partial charge in [0.25, 0.3) is 0 Å². The number of aryl methyl sites for hydroxylation is 6. The molecular weight excluding hydrogens is 929 g/mol. The summed E-state index contributed by atoms with van der Waals surface area (Å²) in [6.45, 7) is 15.0. The fourth-order valence-corrected chi connectivity index (χ4v) is 13.1. The van der Waals surface area contributed by atoms with E-state index in [0.29, 0.717) is 24.2 Å². The van der Waals surface area contributed by atoms with Crippen molar-refractivity contribution in [1.82, 2.24) is 24.9 Å². The Morgan fingerprint density at radius 2 is 1.05 bits per heavy atom. The number of benzene rings is 1. The Kier molecular flexibility index (Phi) is 25.8. The predicted octanol–water partition coefficient (Wildman–Crippen LogP) is 13.0. The van der Waals surface area contributed by atoms with Gasteiger partial charge in [0, 0.05) is 85.8 Å². The van der Waals surface area contributed by atoms with E-state index in [9.17, 15) is 0 Å². The van der Waals surface area contributed by atoms with Crippen molar-refractivity contribution in [2.75, 3.05) is 67.5 Å². The van der Waals surface area contributed by atoms with Gasteiger partial charge in [-0.1, -0.05) is 61.9 Å². The molecule has 7 rings (SSSR count). The van der Waals surface area contributed by atoms with Crippen molar-refractivity contribution in [2.45, 2.75) is 198 Å². The topological polar surface area (TPSA) is 45.1 Å². The molecule has 4 aliphatic heterocycles. The third kappa shape index (κ3) is 18.9. The molecule has 0 saturated carbocycles. The van der Waals surface area contributed by atoms with E-state index in [-0.39, 0.29) is 0 Å². The summed E-state index contributed by atoms with van der Waals surface area (Å²) >= 11 is 0. The van der Waals surface area contributed by atoms with Gasteiger partial charge < -0.3 is 5.32 Å². The SMILES string of the molecule is C=C/C=C\C(=C/NCCCCCc1cc(CCCCC[n+]2cccc(C3CCCN3C)c2)c(CCCCC/N=C/C=C\C(=C/C)C2CCCN2C)cc1CCCCC[n+]1cccc(C2CCCN2C)c1)C1CCCN1C. The molecule has 4 aliphatic rings. The Hall–Kier alpha value is -4.47. The minimum absolute atomic E-state index is 0.500. The monoisotopic (exact) mass is 1030 g/mol. The van der Waals surface area contributed by atoms with Crippen molar-refractivity contribution in [2.24, 2.45) is 4.99 Å². The average Bonchev–Trinajstić information content (AvgIpc) is 4.28. The molecular formula is C68H104N8+2. The number of hydrogen-bond acceptors (Lipinski definition) is 6. The number of nitrogens with one attached hydrogen (secondary N) is 1. The number of unbranched alkanes of at least 4 members (excludes halogenated alkanes) is 8. The zero-order valence-electron chi connectivity index (χ0n) is 48.7. The Balaban J connectivity index is 0.982. The number of aliphatic imine (C=N–C) groups is 1. The molecule has 8 nitrogen and oxygen atoms in total. The number of rotatable bonds is 33. The smallest absolute Gasteiger partial charge is 0.173 e. The molecule has 3 aromatic rings. The van der Waals surface area contributed by atoms with Gasteiger partial charge in [-0.05, 0) is 241 Å². The van der Waals surface area contributed by atoms with E-state index in [4.69, 9.17) is 4.99 Å². The lowest BCUT2D eigenvalue weighted by molar-refractivity contribution is -0.698. The maximum Gasteiger partial charge on any atom is 0.173 e. The van der Waals surface area contributed by atoms with Crippen LogP contribution < -0.4 is 14.5 Å². The fourth-order valence-electron chi connectivity index (χ4n) is 13.1. The second-order valence-corrected chi connectivity index (χ2v) is 23.3. The van der Waals surface area contributed by atoms with Crippen LogP contribution in [0.25, 0.3) is 0 Å².